The largest absolute Gasteiger partial charge is 0.352 e. The highest BCUT2D eigenvalue weighted by Gasteiger charge is 2.33. The van der Waals surface area contributed by atoms with E-state index in [0.29, 0.717) is 52.3 Å². The summed E-state index contributed by atoms with van der Waals surface area (Å²) in [7, 11) is -3.43. The lowest BCUT2D eigenvalue weighted by Gasteiger charge is -2.07. The second-order valence-electron chi connectivity index (χ2n) is 5.44. The monoisotopic (exact) mass is 425 g/mol. The normalized spacial score (nSPS) is 20.2. The van der Waals surface area contributed by atoms with Gasteiger partial charge in [-0.05, 0) is 25.3 Å². The molecule has 0 fully saturated rings. The molecule has 2 N–H and O–H groups in total. The molecule has 0 saturated carbocycles. The maximum absolute atomic E-state index is 12.0. The van der Waals surface area contributed by atoms with Crippen LogP contribution in [0.4, 0.5) is 0 Å². The molecule has 0 atom stereocenters. The molecular weight excluding hydrogens is 406 g/mol. The standard InChI is InChI=1S/C17H20BrN3O3S/c1-3-7-13(12(2)18)17(22)20-11-6-10-19-16-14-8-4-5-9-15(14)25(23,24)21-16/h3-4,7-8H,1-2,5-6,9-11H2,(H,19,21)(H,20,22)/b13-7+. The number of amidine groups is 1. The van der Waals surface area contributed by atoms with Crippen molar-refractivity contribution in [2.45, 2.75) is 19.3 Å². The van der Waals surface area contributed by atoms with E-state index in [1.54, 1.807) is 12.2 Å². The number of rotatable bonds is 7. The molecule has 0 bridgehead atoms. The van der Waals surface area contributed by atoms with Crippen molar-refractivity contribution < 1.29 is 13.2 Å². The predicted molar refractivity (Wildman–Crippen MR) is 104 cm³/mol. The number of allylic oxidation sites excluding steroid dienone is 4. The number of amides is 1. The molecule has 1 heterocycles. The van der Waals surface area contributed by atoms with Gasteiger partial charge in [0, 0.05) is 23.1 Å². The van der Waals surface area contributed by atoms with E-state index in [4.69, 9.17) is 0 Å². The Bertz CT molecular complexity index is 820. The molecule has 6 nitrogen and oxygen atoms in total. The van der Waals surface area contributed by atoms with E-state index in [0.717, 1.165) is 6.42 Å². The van der Waals surface area contributed by atoms with Crippen molar-refractivity contribution in [3.8, 4) is 0 Å². The first-order chi connectivity index (χ1) is 11.9. The average Bonchev–Trinajstić information content (AvgIpc) is 2.83. The number of nitrogens with one attached hydrogen (secondary N) is 2. The molecule has 2 aliphatic rings. The number of aliphatic imine (C=N–C) groups is 1. The van der Waals surface area contributed by atoms with Crippen LogP contribution in [-0.4, -0.2) is 33.3 Å². The zero-order valence-corrected chi connectivity index (χ0v) is 16.1. The number of hydrogen-bond acceptors (Lipinski definition) is 4. The van der Waals surface area contributed by atoms with Crippen LogP contribution in [0.2, 0.25) is 0 Å². The van der Waals surface area contributed by atoms with E-state index < -0.39 is 10.0 Å². The maximum atomic E-state index is 12.0. The first-order valence-electron chi connectivity index (χ1n) is 7.80. The third-order valence-corrected chi connectivity index (χ3v) is 5.61. The minimum atomic E-state index is -3.43. The van der Waals surface area contributed by atoms with Gasteiger partial charge in [0.1, 0.15) is 5.84 Å². The average molecular weight is 426 g/mol. The van der Waals surface area contributed by atoms with E-state index in [1.807, 2.05) is 6.08 Å². The summed E-state index contributed by atoms with van der Waals surface area (Å²) in [6.07, 6.45) is 8.64. The van der Waals surface area contributed by atoms with Gasteiger partial charge in [0.05, 0.1) is 10.5 Å². The number of hydrogen-bond donors (Lipinski definition) is 2. The lowest BCUT2D eigenvalue weighted by atomic mass is 10.1. The summed E-state index contributed by atoms with van der Waals surface area (Å²) < 4.78 is 27.0. The Morgan fingerprint density at radius 2 is 2.24 bits per heavy atom. The lowest BCUT2D eigenvalue weighted by molar-refractivity contribution is -0.117. The van der Waals surface area contributed by atoms with Crippen LogP contribution in [0.25, 0.3) is 0 Å². The predicted octanol–water partition coefficient (Wildman–Crippen LogP) is 2.45. The molecular formula is C17H20BrN3O3S. The summed E-state index contributed by atoms with van der Waals surface area (Å²) in [5.41, 5.74) is 1.06. The van der Waals surface area contributed by atoms with E-state index in [9.17, 15) is 13.2 Å². The van der Waals surface area contributed by atoms with Crippen molar-refractivity contribution >= 4 is 37.7 Å². The van der Waals surface area contributed by atoms with Crippen LogP contribution in [0.1, 0.15) is 19.3 Å². The van der Waals surface area contributed by atoms with Crippen molar-refractivity contribution in [1.29, 1.82) is 0 Å². The molecule has 134 valence electrons. The van der Waals surface area contributed by atoms with Crippen LogP contribution in [0.3, 0.4) is 0 Å². The Labute approximate surface area is 156 Å². The van der Waals surface area contributed by atoms with Gasteiger partial charge in [-0.3, -0.25) is 14.5 Å². The van der Waals surface area contributed by atoms with Gasteiger partial charge in [0.2, 0.25) is 0 Å². The van der Waals surface area contributed by atoms with Gasteiger partial charge in [-0.15, -0.1) is 0 Å². The topological polar surface area (TPSA) is 87.6 Å². The van der Waals surface area contributed by atoms with Gasteiger partial charge in [-0.25, -0.2) is 8.42 Å². The first kappa shape index (κ1) is 19.4. The van der Waals surface area contributed by atoms with Crippen LogP contribution in [0, 0.1) is 0 Å². The zero-order chi connectivity index (χ0) is 18.4. The van der Waals surface area contributed by atoms with E-state index in [1.165, 1.54) is 6.08 Å². The highest BCUT2D eigenvalue weighted by atomic mass is 79.9. The second kappa shape index (κ2) is 8.44. The molecule has 0 radical (unpaired) electrons. The second-order valence-corrected chi connectivity index (χ2v) is 8.11. The van der Waals surface area contributed by atoms with Crippen molar-refractivity contribution in [3.63, 3.8) is 0 Å². The van der Waals surface area contributed by atoms with Crippen LogP contribution in [0.15, 0.2) is 63.0 Å². The fourth-order valence-electron chi connectivity index (χ4n) is 2.47. The minimum absolute atomic E-state index is 0.254. The first-order valence-corrected chi connectivity index (χ1v) is 10.1. The Morgan fingerprint density at radius 1 is 1.48 bits per heavy atom. The summed E-state index contributed by atoms with van der Waals surface area (Å²) >= 11 is 3.18. The van der Waals surface area contributed by atoms with Crippen molar-refractivity contribution in [2.24, 2.45) is 4.99 Å². The summed E-state index contributed by atoms with van der Waals surface area (Å²) in [5, 5.41) is 2.77. The van der Waals surface area contributed by atoms with Crippen LogP contribution in [-0.2, 0) is 14.8 Å². The molecule has 0 aromatic rings. The van der Waals surface area contributed by atoms with Gasteiger partial charge in [0.25, 0.3) is 15.9 Å². The Hall–Kier alpha value is -1.93. The molecule has 2 rings (SSSR count). The van der Waals surface area contributed by atoms with Gasteiger partial charge in [-0.2, -0.15) is 0 Å². The SMILES string of the molecule is C=C/C=C(\C(=C)Br)C(=O)NCCCN=C1NS(=O)(=O)C2=C1C=CCC2. The number of carbonyl (C=O) groups is 1. The summed E-state index contributed by atoms with van der Waals surface area (Å²) in [6, 6.07) is 0. The highest BCUT2D eigenvalue weighted by molar-refractivity contribution is 9.12. The van der Waals surface area contributed by atoms with Gasteiger partial charge in [0.15, 0.2) is 0 Å². The highest BCUT2D eigenvalue weighted by Crippen LogP contribution is 2.28. The maximum Gasteiger partial charge on any atom is 0.259 e. The number of halogens is 1. The van der Waals surface area contributed by atoms with Crippen LogP contribution in [0.5, 0.6) is 0 Å². The molecule has 1 aliphatic heterocycles. The summed E-state index contributed by atoms with van der Waals surface area (Å²) in [6.45, 7) is 8.06. The van der Waals surface area contributed by atoms with Gasteiger partial charge >= 0.3 is 0 Å². The molecule has 1 aliphatic carbocycles. The van der Waals surface area contributed by atoms with Gasteiger partial charge in [-0.1, -0.05) is 47.3 Å². The van der Waals surface area contributed by atoms with E-state index in [-0.39, 0.29) is 5.91 Å². The quantitative estimate of drug-likeness (QED) is 0.373. The molecule has 0 aromatic heterocycles. The fourth-order valence-corrected chi connectivity index (χ4v) is 4.17. The lowest BCUT2D eigenvalue weighted by Crippen LogP contribution is -2.27. The summed E-state index contributed by atoms with van der Waals surface area (Å²) in [5.74, 6) is 0.134. The Balaban J connectivity index is 1.88. The minimum Gasteiger partial charge on any atom is -0.352 e. The molecule has 25 heavy (non-hydrogen) atoms. The number of nitrogens with zero attached hydrogens (tertiary/aromatic N) is 1. The third-order valence-electron chi connectivity index (χ3n) is 3.65. The van der Waals surface area contributed by atoms with Crippen LogP contribution >= 0.6 is 15.9 Å². The van der Waals surface area contributed by atoms with Crippen LogP contribution < -0.4 is 10.0 Å². The van der Waals surface area contributed by atoms with Crippen molar-refractivity contribution in [1.82, 2.24) is 10.0 Å². The van der Waals surface area contributed by atoms with Gasteiger partial charge < -0.3 is 5.32 Å². The number of sulfonamides is 1. The molecule has 8 heteroatoms. The molecule has 0 spiro atoms. The smallest absolute Gasteiger partial charge is 0.259 e. The fraction of sp³-hybridized carbons (Fsp3) is 0.294. The van der Waals surface area contributed by atoms with Crippen molar-refractivity contribution in [3.05, 3.63) is 58.0 Å². The molecule has 0 aromatic carbocycles. The third kappa shape index (κ3) is 4.79. The molecule has 0 unspecified atom stereocenters. The van der Waals surface area contributed by atoms with Crippen molar-refractivity contribution in [2.75, 3.05) is 13.1 Å². The molecule has 1 amide bonds. The zero-order valence-electron chi connectivity index (χ0n) is 13.7. The Kier molecular flexibility index (Phi) is 6.55. The van der Waals surface area contributed by atoms with E-state index in [2.05, 4.69) is 44.1 Å². The number of carbonyl (C=O) groups excluding carboxylic acids is 1. The Morgan fingerprint density at radius 3 is 2.92 bits per heavy atom. The summed E-state index contributed by atoms with van der Waals surface area (Å²) in [4.78, 5) is 16.7. The molecule has 0 saturated heterocycles. The van der Waals surface area contributed by atoms with E-state index >= 15 is 0 Å².